The third kappa shape index (κ3) is 2.62. The predicted octanol–water partition coefficient (Wildman–Crippen LogP) is 2.65. The number of ether oxygens (including phenoxy) is 1. The molecule has 0 spiro atoms. The van der Waals surface area contributed by atoms with Crippen LogP contribution in [-0.4, -0.2) is 41.3 Å². The van der Waals surface area contributed by atoms with Crippen LogP contribution >= 0.6 is 11.3 Å². The molecule has 2 atom stereocenters. The summed E-state index contributed by atoms with van der Waals surface area (Å²) >= 11 is 1.56. The SMILES string of the molecule is CC1CN(C(=O)c2cc(-c3cccs3)on2)CC(C)O1. The first-order valence-electron chi connectivity index (χ1n) is 6.59. The highest BCUT2D eigenvalue weighted by Crippen LogP contribution is 2.25. The molecular formula is C14H16N2O3S. The maximum Gasteiger partial charge on any atom is 0.276 e. The van der Waals surface area contributed by atoms with Crippen molar-refractivity contribution in [3.05, 3.63) is 29.3 Å². The summed E-state index contributed by atoms with van der Waals surface area (Å²) in [6.07, 6.45) is 0.0951. The molecule has 0 aromatic carbocycles. The largest absolute Gasteiger partial charge is 0.372 e. The highest BCUT2D eigenvalue weighted by Gasteiger charge is 2.28. The zero-order valence-electron chi connectivity index (χ0n) is 11.4. The minimum Gasteiger partial charge on any atom is -0.372 e. The molecule has 1 saturated heterocycles. The Balaban J connectivity index is 1.77. The van der Waals surface area contributed by atoms with E-state index in [9.17, 15) is 4.79 Å². The maximum atomic E-state index is 12.4. The summed E-state index contributed by atoms with van der Waals surface area (Å²) < 4.78 is 10.9. The van der Waals surface area contributed by atoms with Crippen molar-refractivity contribution in [3.63, 3.8) is 0 Å². The Bertz CT molecular complexity index is 583. The lowest BCUT2D eigenvalue weighted by Crippen LogP contribution is -2.48. The van der Waals surface area contributed by atoms with Gasteiger partial charge in [-0.05, 0) is 25.3 Å². The van der Waals surface area contributed by atoms with E-state index in [4.69, 9.17) is 9.26 Å². The van der Waals surface area contributed by atoms with Crippen LogP contribution in [0.4, 0.5) is 0 Å². The molecule has 6 heteroatoms. The number of nitrogens with zero attached hydrogens (tertiary/aromatic N) is 2. The molecule has 2 aromatic heterocycles. The molecule has 0 aliphatic carbocycles. The monoisotopic (exact) mass is 292 g/mol. The van der Waals surface area contributed by atoms with Crippen molar-refractivity contribution in [3.8, 4) is 10.6 Å². The van der Waals surface area contributed by atoms with Crippen molar-refractivity contribution >= 4 is 17.2 Å². The number of hydrogen-bond acceptors (Lipinski definition) is 5. The standard InChI is InChI=1S/C14H16N2O3S/c1-9-7-16(8-10(2)18-9)14(17)11-6-12(19-15-11)13-4-3-5-20-13/h3-6,9-10H,7-8H2,1-2H3. The second kappa shape index (κ2) is 5.38. The Kier molecular flexibility index (Phi) is 3.58. The van der Waals surface area contributed by atoms with Crippen LogP contribution in [0, 0.1) is 0 Å². The van der Waals surface area contributed by atoms with Gasteiger partial charge in [-0.1, -0.05) is 11.2 Å². The summed E-state index contributed by atoms with van der Waals surface area (Å²) in [6, 6.07) is 5.59. The van der Waals surface area contributed by atoms with E-state index in [0.29, 0.717) is 24.5 Å². The lowest BCUT2D eigenvalue weighted by Gasteiger charge is -2.34. The van der Waals surface area contributed by atoms with Gasteiger partial charge in [-0.2, -0.15) is 0 Å². The van der Waals surface area contributed by atoms with Gasteiger partial charge in [-0.15, -0.1) is 11.3 Å². The van der Waals surface area contributed by atoms with Gasteiger partial charge in [0, 0.05) is 19.2 Å². The van der Waals surface area contributed by atoms with E-state index in [2.05, 4.69) is 5.16 Å². The molecule has 1 amide bonds. The molecule has 3 heterocycles. The van der Waals surface area contributed by atoms with E-state index in [0.717, 1.165) is 4.88 Å². The summed E-state index contributed by atoms with van der Waals surface area (Å²) in [5, 5.41) is 5.86. The van der Waals surface area contributed by atoms with Gasteiger partial charge in [0.15, 0.2) is 11.5 Å². The normalized spacial score (nSPS) is 23.0. The van der Waals surface area contributed by atoms with E-state index < -0.39 is 0 Å². The molecule has 1 aliphatic rings. The summed E-state index contributed by atoms with van der Waals surface area (Å²) in [6.45, 7) is 5.11. The van der Waals surface area contributed by atoms with Crippen molar-refractivity contribution in [1.82, 2.24) is 10.1 Å². The second-order valence-corrected chi connectivity index (χ2v) is 5.97. The van der Waals surface area contributed by atoms with Gasteiger partial charge in [0.2, 0.25) is 0 Å². The van der Waals surface area contributed by atoms with Gasteiger partial charge in [-0.25, -0.2) is 0 Å². The molecule has 5 nitrogen and oxygen atoms in total. The summed E-state index contributed by atoms with van der Waals surface area (Å²) in [4.78, 5) is 15.2. The van der Waals surface area contributed by atoms with Crippen molar-refractivity contribution in [2.24, 2.45) is 0 Å². The molecule has 1 aliphatic heterocycles. The number of morpholine rings is 1. The number of aromatic nitrogens is 1. The Hall–Kier alpha value is -1.66. The Morgan fingerprint density at radius 2 is 2.15 bits per heavy atom. The molecule has 106 valence electrons. The average molecular weight is 292 g/mol. The zero-order chi connectivity index (χ0) is 14.1. The lowest BCUT2D eigenvalue weighted by molar-refractivity contribution is -0.0588. The molecule has 0 radical (unpaired) electrons. The molecule has 0 saturated carbocycles. The fourth-order valence-corrected chi connectivity index (χ4v) is 3.09. The van der Waals surface area contributed by atoms with Crippen LogP contribution in [0.1, 0.15) is 24.3 Å². The first-order chi connectivity index (χ1) is 9.63. The van der Waals surface area contributed by atoms with Crippen molar-refractivity contribution in [2.45, 2.75) is 26.1 Å². The maximum absolute atomic E-state index is 12.4. The van der Waals surface area contributed by atoms with E-state index in [-0.39, 0.29) is 18.1 Å². The number of thiophene rings is 1. The summed E-state index contributed by atoms with van der Waals surface area (Å²) in [5.41, 5.74) is 0.356. The Labute approximate surface area is 121 Å². The van der Waals surface area contributed by atoms with Crippen molar-refractivity contribution in [1.29, 1.82) is 0 Å². The molecule has 2 unspecified atom stereocenters. The quantitative estimate of drug-likeness (QED) is 0.854. The van der Waals surface area contributed by atoms with Crippen LogP contribution in [0.3, 0.4) is 0 Å². The number of carbonyl (C=O) groups is 1. The summed E-state index contributed by atoms with van der Waals surface area (Å²) in [7, 11) is 0. The lowest BCUT2D eigenvalue weighted by atomic mass is 10.2. The molecule has 0 N–H and O–H groups in total. The molecule has 20 heavy (non-hydrogen) atoms. The van der Waals surface area contributed by atoms with Crippen LogP contribution in [0.25, 0.3) is 10.6 Å². The predicted molar refractivity (Wildman–Crippen MR) is 75.7 cm³/mol. The van der Waals surface area contributed by atoms with E-state index >= 15 is 0 Å². The van der Waals surface area contributed by atoms with E-state index in [1.54, 1.807) is 22.3 Å². The fraction of sp³-hybridized carbons (Fsp3) is 0.429. The highest BCUT2D eigenvalue weighted by molar-refractivity contribution is 7.13. The number of amides is 1. The van der Waals surface area contributed by atoms with Crippen LogP contribution in [0.2, 0.25) is 0 Å². The minimum absolute atomic E-state index is 0.0476. The summed E-state index contributed by atoms with van der Waals surface area (Å²) in [5.74, 6) is 0.538. The number of hydrogen-bond donors (Lipinski definition) is 0. The van der Waals surface area contributed by atoms with Crippen LogP contribution in [0.5, 0.6) is 0 Å². The molecule has 3 rings (SSSR count). The Morgan fingerprint density at radius 1 is 1.40 bits per heavy atom. The average Bonchev–Trinajstić information content (AvgIpc) is 3.07. The van der Waals surface area contributed by atoms with Gasteiger partial charge in [0.1, 0.15) is 0 Å². The first kappa shape index (κ1) is 13.3. The van der Waals surface area contributed by atoms with Crippen molar-refractivity contribution in [2.75, 3.05) is 13.1 Å². The van der Waals surface area contributed by atoms with Crippen LogP contribution in [0.15, 0.2) is 28.1 Å². The van der Waals surface area contributed by atoms with Gasteiger partial charge in [-0.3, -0.25) is 4.79 Å². The molecular weight excluding hydrogens is 276 g/mol. The minimum atomic E-state index is -0.0986. The van der Waals surface area contributed by atoms with Crippen LogP contribution in [-0.2, 0) is 4.74 Å². The topological polar surface area (TPSA) is 55.6 Å². The van der Waals surface area contributed by atoms with Gasteiger partial charge in [0.05, 0.1) is 17.1 Å². The third-order valence-electron chi connectivity index (χ3n) is 3.20. The third-order valence-corrected chi connectivity index (χ3v) is 4.08. The van der Waals surface area contributed by atoms with E-state index in [1.165, 1.54) is 0 Å². The second-order valence-electron chi connectivity index (χ2n) is 5.02. The zero-order valence-corrected chi connectivity index (χ0v) is 12.2. The van der Waals surface area contributed by atoms with Crippen LogP contribution < -0.4 is 0 Å². The molecule has 2 aromatic rings. The van der Waals surface area contributed by atoms with Gasteiger partial charge >= 0.3 is 0 Å². The molecule has 0 bridgehead atoms. The molecule has 1 fully saturated rings. The Morgan fingerprint density at radius 3 is 2.80 bits per heavy atom. The smallest absolute Gasteiger partial charge is 0.276 e. The highest BCUT2D eigenvalue weighted by atomic mass is 32.1. The van der Waals surface area contributed by atoms with Gasteiger partial charge < -0.3 is 14.2 Å². The van der Waals surface area contributed by atoms with Gasteiger partial charge in [0.25, 0.3) is 5.91 Å². The van der Waals surface area contributed by atoms with E-state index in [1.807, 2.05) is 31.4 Å². The number of rotatable bonds is 2. The van der Waals surface area contributed by atoms with Crippen molar-refractivity contribution < 1.29 is 14.1 Å². The fourth-order valence-electron chi connectivity index (χ4n) is 2.42. The first-order valence-corrected chi connectivity index (χ1v) is 7.47. The number of carbonyl (C=O) groups excluding carboxylic acids is 1.